The van der Waals surface area contributed by atoms with Gasteiger partial charge < -0.3 is 23.4 Å². The molecule has 0 radical (unpaired) electrons. The highest BCUT2D eigenvalue weighted by atomic mass is 19.1. The first-order chi connectivity index (χ1) is 24.8. The van der Waals surface area contributed by atoms with Gasteiger partial charge in [-0.2, -0.15) is 0 Å². The van der Waals surface area contributed by atoms with E-state index in [9.17, 15) is 18.4 Å². The van der Waals surface area contributed by atoms with Gasteiger partial charge >= 0.3 is 0 Å². The molecule has 272 valence electrons. The van der Waals surface area contributed by atoms with Crippen molar-refractivity contribution in [2.75, 3.05) is 70.5 Å². The van der Waals surface area contributed by atoms with Crippen LogP contribution in [-0.2, 0) is 0 Å². The highest BCUT2D eigenvalue weighted by molar-refractivity contribution is 6.07. The summed E-state index contributed by atoms with van der Waals surface area (Å²) in [5, 5.41) is 0.325. The molecule has 0 aliphatic carbocycles. The summed E-state index contributed by atoms with van der Waals surface area (Å²) < 4.78 is 43.5. The Morgan fingerprint density at radius 3 is 2.18 bits per heavy atom. The zero-order valence-corrected chi connectivity index (χ0v) is 30.0. The second-order valence-corrected chi connectivity index (χ2v) is 14.0. The van der Waals surface area contributed by atoms with Gasteiger partial charge in [0.05, 0.1) is 44.9 Å². The summed E-state index contributed by atoms with van der Waals surface area (Å²) in [5.74, 6) is -0.977. The first-order valence-corrected chi connectivity index (χ1v) is 18.7. The maximum atomic E-state index is 14.1. The summed E-state index contributed by atoms with van der Waals surface area (Å²) in [6.07, 6.45) is 9.44. The highest BCUT2D eigenvalue weighted by Gasteiger charge is 2.37. The standard InChI is InChI=1S/C41H51F2N4O4/c1-3-23-50-35-13-11-12-33(28-35)46-30-38(41(49)45(4-2)34-26-31(42)25-32(43)27-34)40(48)37-15-14-36(29-39(37)46)51-24-10-8-6-5-7-9-19-47-20-16-44(17-21-47)18-22-47/h11-15,25-30H,3-10,16-24H2,1-2H3/q+1. The Balaban J connectivity index is 1.16. The largest absolute Gasteiger partial charge is 0.494 e. The molecule has 0 spiro atoms. The number of pyridine rings is 1. The number of fused-ring (bicyclic) bond motifs is 4. The molecular formula is C41H51F2N4O4+. The number of nitrogens with zero attached hydrogens (tertiary/aromatic N) is 4. The van der Waals surface area contributed by atoms with Crippen molar-refractivity contribution in [2.45, 2.75) is 58.8 Å². The fraction of sp³-hybridized carbons (Fsp3) is 0.463. The molecular weight excluding hydrogens is 650 g/mol. The van der Waals surface area contributed by atoms with E-state index in [1.807, 2.05) is 37.3 Å². The number of quaternary nitrogens is 1. The molecule has 0 saturated carbocycles. The number of carbonyl (C=O) groups is 1. The Kier molecular flexibility index (Phi) is 12.0. The van der Waals surface area contributed by atoms with Gasteiger partial charge in [-0.25, -0.2) is 8.78 Å². The lowest BCUT2D eigenvalue weighted by Crippen LogP contribution is -2.67. The zero-order valence-electron chi connectivity index (χ0n) is 30.0. The van der Waals surface area contributed by atoms with Crippen molar-refractivity contribution in [1.82, 2.24) is 9.47 Å². The van der Waals surface area contributed by atoms with Gasteiger partial charge in [0.2, 0.25) is 5.43 Å². The number of hydrogen-bond acceptors (Lipinski definition) is 5. The molecule has 3 aliphatic rings. The summed E-state index contributed by atoms with van der Waals surface area (Å²) in [6.45, 7) is 14.1. The van der Waals surface area contributed by atoms with Crippen molar-refractivity contribution in [3.05, 3.63) is 94.3 Å². The Bertz CT molecular complexity index is 1840. The average molecular weight is 702 g/mol. The Labute approximate surface area is 299 Å². The number of amides is 1. The Morgan fingerprint density at radius 1 is 0.804 bits per heavy atom. The van der Waals surface area contributed by atoms with Gasteiger partial charge in [0.1, 0.15) is 28.7 Å². The van der Waals surface area contributed by atoms with Crippen molar-refractivity contribution in [3.63, 3.8) is 0 Å². The molecule has 4 aromatic rings. The van der Waals surface area contributed by atoms with Crippen molar-refractivity contribution < 1.29 is 27.5 Å². The lowest BCUT2D eigenvalue weighted by atomic mass is 10.1. The fourth-order valence-corrected chi connectivity index (χ4v) is 7.50. The monoisotopic (exact) mass is 701 g/mol. The normalized spacial score (nSPS) is 18.2. The fourth-order valence-electron chi connectivity index (χ4n) is 7.50. The topological polar surface area (TPSA) is 64.0 Å². The summed E-state index contributed by atoms with van der Waals surface area (Å²) >= 11 is 0. The first-order valence-electron chi connectivity index (χ1n) is 18.7. The summed E-state index contributed by atoms with van der Waals surface area (Å²) in [6, 6.07) is 15.6. The van der Waals surface area contributed by atoms with Crippen LogP contribution in [0.4, 0.5) is 14.5 Å². The molecule has 0 unspecified atom stereocenters. The molecule has 3 saturated heterocycles. The van der Waals surface area contributed by atoms with Crippen molar-refractivity contribution >= 4 is 22.5 Å². The number of carbonyl (C=O) groups excluding carboxylic acids is 1. The van der Waals surface area contributed by atoms with Gasteiger partial charge in [-0.3, -0.25) is 14.5 Å². The van der Waals surface area contributed by atoms with E-state index in [1.54, 1.807) is 23.6 Å². The number of rotatable bonds is 17. The molecule has 3 aromatic carbocycles. The lowest BCUT2D eigenvalue weighted by molar-refractivity contribution is -0.941. The lowest BCUT2D eigenvalue weighted by Gasteiger charge is -2.50. The van der Waals surface area contributed by atoms with Gasteiger partial charge in [-0.1, -0.05) is 32.3 Å². The predicted molar refractivity (Wildman–Crippen MR) is 198 cm³/mol. The first kappa shape index (κ1) is 36.5. The molecule has 3 fully saturated rings. The van der Waals surface area contributed by atoms with Crippen LogP contribution >= 0.6 is 0 Å². The van der Waals surface area contributed by atoms with Crippen LogP contribution in [0.5, 0.6) is 11.5 Å². The van der Waals surface area contributed by atoms with E-state index in [-0.39, 0.29) is 17.8 Å². The molecule has 1 aromatic heterocycles. The minimum Gasteiger partial charge on any atom is -0.494 e. The quantitative estimate of drug-likeness (QED) is 0.0839. The molecule has 10 heteroatoms. The number of ether oxygens (including phenoxy) is 2. The van der Waals surface area contributed by atoms with Crippen LogP contribution in [0.15, 0.2) is 71.7 Å². The second kappa shape index (κ2) is 16.8. The second-order valence-electron chi connectivity index (χ2n) is 14.0. The smallest absolute Gasteiger partial charge is 0.263 e. The van der Waals surface area contributed by atoms with E-state index in [2.05, 4.69) is 4.90 Å². The summed E-state index contributed by atoms with van der Waals surface area (Å²) in [7, 11) is 0. The van der Waals surface area contributed by atoms with Gasteiger partial charge in [0.25, 0.3) is 5.91 Å². The number of hydrogen-bond donors (Lipinski definition) is 0. The van der Waals surface area contributed by atoms with Gasteiger partial charge in [-0.15, -0.1) is 0 Å². The number of anilines is 1. The van der Waals surface area contributed by atoms with Gasteiger partial charge in [-0.05, 0) is 69.0 Å². The third-order valence-corrected chi connectivity index (χ3v) is 10.5. The van der Waals surface area contributed by atoms with Crippen LogP contribution in [0.25, 0.3) is 16.6 Å². The van der Waals surface area contributed by atoms with Crippen LogP contribution in [0, 0.1) is 11.6 Å². The molecule has 1 amide bonds. The predicted octanol–water partition coefficient (Wildman–Crippen LogP) is 7.59. The van der Waals surface area contributed by atoms with Crippen LogP contribution in [-0.4, -0.2) is 85.4 Å². The van der Waals surface area contributed by atoms with Crippen LogP contribution in [0.1, 0.15) is 69.2 Å². The molecule has 3 aliphatic heterocycles. The van der Waals surface area contributed by atoms with E-state index < -0.39 is 23.0 Å². The number of halogens is 2. The minimum atomic E-state index is -0.808. The zero-order chi connectivity index (χ0) is 35.8. The molecule has 4 heterocycles. The van der Waals surface area contributed by atoms with E-state index in [4.69, 9.17) is 9.47 Å². The Morgan fingerprint density at radius 2 is 1.47 bits per heavy atom. The molecule has 8 nitrogen and oxygen atoms in total. The van der Waals surface area contributed by atoms with Crippen molar-refractivity contribution in [3.8, 4) is 17.2 Å². The van der Waals surface area contributed by atoms with Crippen LogP contribution in [0.2, 0.25) is 0 Å². The van der Waals surface area contributed by atoms with Crippen molar-refractivity contribution in [2.24, 2.45) is 0 Å². The number of unbranched alkanes of at least 4 members (excludes halogenated alkanes) is 5. The van der Waals surface area contributed by atoms with Gasteiger partial charge in [0.15, 0.2) is 0 Å². The molecule has 7 rings (SSSR count). The van der Waals surface area contributed by atoms with E-state index in [0.717, 1.165) is 37.5 Å². The average Bonchev–Trinajstić information content (AvgIpc) is 3.14. The van der Waals surface area contributed by atoms with E-state index in [1.165, 1.54) is 87.1 Å². The molecule has 2 bridgehead atoms. The minimum absolute atomic E-state index is 0.0356. The van der Waals surface area contributed by atoms with Crippen LogP contribution in [0.3, 0.4) is 0 Å². The number of aromatic nitrogens is 1. The highest BCUT2D eigenvalue weighted by Crippen LogP contribution is 2.27. The Hall–Kier alpha value is -4.28. The van der Waals surface area contributed by atoms with Crippen molar-refractivity contribution in [1.29, 1.82) is 0 Å². The third kappa shape index (κ3) is 8.79. The molecule has 51 heavy (non-hydrogen) atoms. The SMILES string of the molecule is CCCOc1cccc(-n2cc(C(=O)N(CC)c3cc(F)cc(F)c3)c(=O)c3ccc(OCCCCCCCC[N+]45CCN(CC4)CC5)cc32)c1. The summed E-state index contributed by atoms with van der Waals surface area (Å²) in [5.41, 5.74) is 0.702. The number of benzene rings is 3. The van der Waals surface area contributed by atoms with Gasteiger partial charge in [0, 0.05) is 67.3 Å². The third-order valence-electron chi connectivity index (χ3n) is 10.5. The van der Waals surface area contributed by atoms with E-state index >= 15 is 0 Å². The molecule has 0 atom stereocenters. The molecule has 0 N–H and O–H groups in total. The van der Waals surface area contributed by atoms with E-state index in [0.29, 0.717) is 41.3 Å². The van der Waals surface area contributed by atoms with Crippen LogP contribution < -0.4 is 19.8 Å². The maximum Gasteiger partial charge on any atom is 0.263 e. The number of piperazine rings is 3. The summed E-state index contributed by atoms with van der Waals surface area (Å²) in [4.78, 5) is 31.6. The maximum absolute atomic E-state index is 14.1.